The average Bonchev–Trinajstić information content (AvgIpc) is 0.787. The number of ether oxygens (including phenoxy) is 6. The van der Waals surface area contributed by atoms with E-state index in [1.807, 2.05) is 6.08 Å². The van der Waals surface area contributed by atoms with Crippen molar-refractivity contribution in [2.24, 2.45) is 0 Å². The number of aliphatic hydroxyl groups excluding tert-OH is 11. The lowest BCUT2D eigenvalue weighted by Crippen LogP contribution is -2.66. The number of hydrogen-bond donors (Lipinski definition) is 12. The molecule has 0 aromatic rings. The van der Waals surface area contributed by atoms with Crippen LogP contribution in [0.4, 0.5) is 0 Å². The third-order valence-electron chi connectivity index (χ3n) is 18.5. The van der Waals surface area contributed by atoms with Gasteiger partial charge in [0.05, 0.1) is 38.6 Å². The second-order valence-electron chi connectivity index (χ2n) is 26.7. The molecule has 0 spiro atoms. The van der Waals surface area contributed by atoms with Crippen molar-refractivity contribution < 1.29 is 89.4 Å². The fourth-order valence-electron chi connectivity index (χ4n) is 12.5. The van der Waals surface area contributed by atoms with Gasteiger partial charge in [-0.15, -0.1) is 0 Å². The van der Waals surface area contributed by atoms with Crippen molar-refractivity contribution in [3.05, 3.63) is 60.8 Å². The van der Waals surface area contributed by atoms with Crippen LogP contribution in [0.3, 0.4) is 0 Å². The van der Waals surface area contributed by atoms with Crippen LogP contribution in [-0.4, -0.2) is 193 Å². The zero-order chi connectivity index (χ0) is 68.2. The summed E-state index contributed by atoms with van der Waals surface area (Å²) in [5, 5.41) is 121. The number of allylic oxidation sites excluding steroid dienone is 9. The normalized spacial score (nSPS) is 27.7. The van der Waals surface area contributed by atoms with E-state index in [4.69, 9.17) is 28.4 Å². The van der Waals surface area contributed by atoms with Crippen molar-refractivity contribution in [2.45, 2.75) is 381 Å². The summed E-state index contributed by atoms with van der Waals surface area (Å²) >= 11 is 0. The van der Waals surface area contributed by atoms with Gasteiger partial charge in [-0.2, -0.15) is 0 Å². The molecule has 3 rings (SSSR count). The van der Waals surface area contributed by atoms with Crippen LogP contribution in [-0.2, 0) is 33.2 Å². The van der Waals surface area contributed by atoms with Gasteiger partial charge in [0.25, 0.3) is 0 Å². The Morgan fingerprint density at radius 2 is 0.713 bits per heavy atom. The van der Waals surface area contributed by atoms with E-state index < -0.39 is 124 Å². The predicted molar refractivity (Wildman–Crippen MR) is 369 cm³/mol. The number of nitrogens with one attached hydrogen (secondary N) is 1. The molecule has 1 amide bonds. The Hall–Kier alpha value is -2.51. The lowest BCUT2D eigenvalue weighted by Gasteiger charge is -2.48. The SMILES string of the molecule is CCCCC/C=C\C/C=C\C/C=C\CCCCCCCCC(=O)NC(COC1OC(CO)C(OC2OC(CO)C(OC3OC(CO)C(O)C(O)C3O)C(O)C2O)C(O)C1O)C(O)/C=C/CC/C=C/CCCCCCCCCCCCCCCCCCCCCCCCCC. The molecule has 0 aromatic carbocycles. The molecular weight excluding hydrogens is 1200 g/mol. The van der Waals surface area contributed by atoms with E-state index in [2.05, 4.69) is 67.8 Å². The molecule has 19 heteroatoms. The van der Waals surface area contributed by atoms with Crippen molar-refractivity contribution in [3.63, 3.8) is 0 Å². The second kappa shape index (κ2) is 56.3. The van der Waals surface area contributed by atoms with Crippen LogP contribution in [0.2, 0.25) is 0 Å². The molecule has 0 saturated carbocycles. The molecule has 3 aliphatic rings. The molecule has 548 valence electrons. The number of amides is 1. The molecule has 0 radical (unpaired) electrons. The molecule has 0 aliphatic carbocycles. The van der Waals surface area contributed by atoms with Gasteiger partial charge >= 0.3 is 0 Å². The Balaban J connectivity index is 1.41. The van der Waals surface area contributed by atoms with Gasteiger partial charge in [-0.1, -0.05) is 261 Å². The highest BCUT2D eigenvalue weighted by molar-refractivity contribution is 5.76. The van der Waals surface area contributed by atoms with Gasteiger partial charge in [-0.3, -0.25) is 4.79 Å². The van der Waals surface area contributed by atoms with E-state index in [0.717, 1.165) is 77.0 Å². The summed E-state index contributed by atoms with van der Waals surface area (Å²) in [6.07, 6.45) is 43.5. The molecule has 3 heterocycles. The molecule has 3 fully saturated rings. The van der Waals surface area contributed by atoms with E-state index in [-0.39, 0.29) is 18.9 Å². The van der Waals surface area contributed by atoms with Gasteiger partial charge in [-0.25, -0.2) is 0 Å². The quantitative estimate of drug-likeness (QED) is 0.0199. The highest BCUT2D eigenvalue weighted by atomic mass is 16.8. The molecule has 17 atom stereocenters. The van der Waals surface area contributed by atoms with Crippen molar-refractivity contribution >= 4 is 5.91 Å². The molecule has 0 aromatic heterocycles. The summed E-state index contributed by atoms with van der Waals surface area (Å²) in [6, 6.07) is -1.00. The standard InChI is InChI=1S/C75H135NO18/c1-3-5-7-9-11-13-15-17-19-21-23-24-25-26-27-28-29-30-31-32-33-35-36-38-40-42-44-46-48-50-52-59(80)58(76-63(81)53-51-49-47-45-43-41-39-37-34-22-20-18-16-14-12-10-8-6-4-2)57-89-73-69(87)66(84)71(61(55-78)91-73)94-75-70(88)67(85)72(62(56-79)92-75)93-74-68(86)65(83)64(82)60(54-77)90-74/h12,14,18,20,34,37,42,44,50,52,58-62,64-75,77-80,82-88H,3-11,13,15-17,19,21-33,35-36,38-41,43,45-49,51,53-57H2,1-2H3,(H,76,81)/b14-12-,20-18-,37-34-,44-42+,52-50+. The second-order valence-corrected chi connectivity index (χ2v) is 26.7. The Bertz CT molecular complexity index is 1940. The fourth-order valence-corrected chi connectivity index (χ4v) is 12.5. The minimum atomic E-state index is -1.98. The van der Waals surface area contributed by atoms with E-state index >= 15 is 0 Å². The van der Waals surface area contributed by atoms with E-state index in [9.17, 15) is 61.0 Å². The van der Waals surface area contributed by atoms with Crippen LogP contribution >= 0.6 is 0 Å². The molecular formula is C75H135NO18. The number of carbonyl (C=O) groups is 1. The monoisotopic (exact) mass is 1340 g/mol. The lowest BCUT2D eigenvalue weighted by molar-refractivity contribution is -0.379. The lowest BCUT2D eigenvalue weighted by atomic mass is 9.96. The van der Waals surface area contributed by atoms with Gasteiger partial charge in [0.15, 0.2) is 18.9 Å². The Morgan fingerprint density at radius 1 is 0.383 bits per heavy atom. The zero-order valence-electron chi connectivity index (χ0n) is 58.2. The minimum Gasteiger partial charge on any atom is -0.394 e. The highest BCUT2D eigenvalue weighted by Crippen LogP contribution is 2.33. The Labute approximate surface area is 566 Å². The maximum atomic E-state index is 13.4. The van der Waals surface area contributed by atoms with E-state index in [1.54, 1.807) is 6.08 Å². The molecule has 94 heavy (non-hydrogen) atoms. The van der Waals surface area contributed by atoms with Crippen molar-refractivity contribution in [1.29, 1.82) is 0 Å². The van der Waals surface area contributed by atoms with Gasteiger partial charge in [0.1, 0.15) is 73.2 Å². The Morgan fingerprint density at radius 3 is 1.16 bits per heavy atom. The first-order valence-corrected chi connectivity index (χ1v) is 37.5. The summed E-state index contributed by atoms with van der Waals surface area (Å²) < 4.78 is 34.4. The van der Waals surface area contributed by atoms with Crippen molar-refractivity contribution in [2.75, 3.05) is 26.4 Å². The van der Waals surface area contributed by atoms with Gasteiger partial charge < -0.3 is 89.9 Å². The number of unbranched alkanes of at least 4 members (excludes halogenated alkanes) is 34. The number of carbonyl (C=O) groups excluding carboxylic acids is 1. The van der Waals surface area contributed by atoms with Gasteiger partial charge in [0.2, 0.25) is 5.91 Å². The number of rotatable bonds is 58. The molecule has 19 nitrogen and oxygen atoms in total. The number of aliphatic hydroxyl groups is 11. The van der Waals surface area contributed by atoms with Gasteiger partial charge in [-0.05, 0) is 70.6 Å². The molecule has 0 bridgehead atoms. The van der Waals surface area contributed by atoms with Crippen LogP contribution in [0.25, 0.3) is 0 Å². The first kappa shape index (κ1) is 85.7. The predicted octanol–water partition coefficient (Wildman–Crippen LogP) is 11.1. The molecule has 17 unspecified atom stereocenters. The first-order chi connectivity index (χ1) is 45.8. The largest absolute Gasteiger partial charge is 0.394 e. The minimum absolute atomic E-state index is 0.219. The van der Waals surface area contributed by atoms with E-state index in [1.165, 1.54) is 167 Å². The highest BCUT2D eigenvalue weighted by Gasteiger charge is 2.53. The van der Waals surface area contributed by atoms with Crippen LogP contribution in [0.15, 0.2) is 60.8 Å². The van der Waals surface area contributed by atoms with Crippen molar-refractivity contribution in [1.82, 2.24) is 5.32 Å². The van der Waals surface area contributed by atoms with Gasteiger partial charge in [0, 0.05) is 6.42 Å². The topological polar surface area (TPSA) is 307 Å². The maximum Gasteiger partial charge on any atom is 0.220 e. The number of hydrogen-bond acceptors (Lipinski definition) is 18. The third kappa shape index (κ3) is 37.1. The Kier molecular flexibility index (Phi) is 51.3. The third-order valence-corrected chi connectivity index (χ3v) is 18.5. The molecule has 12 N–H and O–H groups in total. The molecule has 3 saturated heterocycles. The summed E-state index contributed by atoms with van der Waals surface area (Å²) in [5.74, 6) is -0.297. The van der Waals surface area contributed by atoms with Crippen molar-refractivity contribution in [3.8, 4) is 0 Å². The summed E-state index contributed by atoms with van der Waals surface area (Å²) in [7, 11) is 0. The summed E-state index contributed by atoms with van der Waals surface area (Å²) in [6.45, 7) is 1.70. The zero-order valence-corrected chi connectivity index (χ0v) is 58.2. The van der Waals surface area contributed by atoms with Crippen LogP contribution < -0.4 is 5.32 Å². The van der Waals surface area contributed by atoms with Crippen LogP contribution in [0.5, 0.6) is 0 Å². The average molecular weight is 1340 g/mol. The van der Waals surface area contributed by atoms with Crippen LogP contribution in [0.1, 0.15) is 277 Å². The maximum absolute atomic E-state index is 13.4. The molecule has 3 aliphatic heterocycles. The summed E-state index contributed by atoms with van der Waals surface area (Å²) in [4.78, 5) is 13.4. The first-order valence-electron chi connectivity index (χ1n) is 37.5. The smallest absolute Gasteiger partial charge is 0.220 e. The van der Waals surface area contributed by atoms with Crippen LogP contribution in [0, 0.1) is 0 Å². The summed E-state index contributed by atoms with van der Waals surface area (Å²) in [5.41, 5.74) is 0. The van der Waals surface area contributed by atoms with E-state index in [0.29, 0.717) is 12.8 Å². The fraction of sp³-hybridized carbons (Fsp3) is 0.853.